The summed E-state index contributed by atoms with van der Waals surface area (Å²) < 4.78 is 29.9. The summed E-state index contributed by atoms with van der Waals surface area (Å²) in [5, 5.41) is 4.02. The molecule has 1 aromatic heterocycles. The summed E-state index contributed by atoms with van der Waals surface area (Å²) >= 11 is 0. The van der Waals surface area contributed by atoms with Gasteiger partial charge >= 0.3 is 0 Å². The number of likely N-dealkylation sites (tertiary alicyclic amines) is 1. The Balaban J connectivity index is 1.48. The van der Waals surface area contributed by atoms with E-state index in [-0.39, 0.29) is 24.2 Å². The first-order chi connectivity index (χ1) is 15.6. The lowest BCUT2D eigenvalue weighted by atomic mass is 10.1. The van der Waals surface area contributed by atoms with Gasteiger partial charge in [0.15, 0.2) is 11.5 Å². The van der Waals surface area contributed by atoms with Crippen LogP contribution in [0.1, 0.15) is 44.2 Å². The largest absolute Gasteiger partial charge is 0.490 e. The van der Waals surface area contributed by atoms with Gasteiger partial charge in [-0.25, -0.2) is 4.39 Å². The van der Waals surface area contributed by atoms with Gasteiger partial charge in [-0.2, -0.15) is 4.98 Å². The average Bonchev–Trinajstić information content (AvgIpc) is 3.46. The molecule has 1 aliphatic heterocycles. The van der Waals surface area contributed by atoms with Crippen LogP contribution in [0, 0.1) is 5.82 Å². The zero-order valence-corrected chi connectivity index (χ0v) is 18.2. The van der Waals surface area contributed by atoms with Gasteiger partial charge in [0.2, 0.25) is 17.6 Å². The van der Waals surface area contributed by atoms with Crippen molar-refractivity contribution in [1.29, 1.82) is 0 Å². The van der Waals surface area contributed by atoms with Crippen LogP contribution in [-0.2, 0) is 11.2 Å². The first-order valence-electron chi connectivity index (χ1n) is 10.9. The lowest BCUT2D eigenvalue weighted by Gasteiger charge is -2.22. The van der Waals surface area contributed by atoms with Crippen molar-refractivity contribution in [2.75, 3.05) is 19.8 Å². The van der Waals surface area contributed by atoms with E-state index in [0.29, 0.717) is 48.5 Å². The first-order valence-corrected chi connectivity index (χ1v) is 10.9. The smallest absolute Gasteiger partial charge is 0.249 e. The third-order valence-corrected chi connectivity index (χ3v) is 5.37. The van der Waals surface area contributed by atoms with E-state index in [4.69, 9.17) is 14.0 Å². The topological polar surface area (TPSA) is 77.7 Å². The van der Waals surface area contributed by atoms with E-state index in [9.17, 15) is 9.18 Å². The summed E-state index contributed by atoms with van der Waals surface area (Å²) in [7, 11) is 0. The zero-order valence-electron chi connectivity index (χ0n) is 18.2. The van der Waals surface area contributed by atoms with Crippen molar-refractivity contribution in [2.45, 2.75) is 39.2 Å². The lowest BCUT2D eigenvalue weighted by Crippen LogP contribution is -2.32. The van der Waals surface area contributed by atoms with Gasteiger partial charge < -0.3 is 18.9 Å². The zero-order chi connectivity index (χ0) is 22.5. The van der Waals surface area contributed by atoms with Crippen LogP contribution in [0.4, 0.5) is 4.39 Å². The predicted octanol–water partition coefficient (Wildman–Crippen LogP) is 4.58. The molecule has 168 valence electrons. The highest BCUT2D eigenvalue weighted by Crippen LogP contribution is 2.33. The molecule has 0 spiro atoms. The third kappa shape index (κ3) is 4.74. The molecule has 32 heavy (non-hydrogen) atoms. The number of nitrogens with zero attached hydrogens (tertiary/aromatic N) is 3. The summed E-state index contributed by atoms with van der Waals surface area (Å²) in [6, 6.07) is 11.2. The lowest BCUT2D eigenvalue weighted by molar-refractivity contribution is -0.131. The van der Waals surface area contributed by atoms with Crippen LogP contribution in [0.25, 0.3) is 11.4 Å². The molecular weight excluding hydrogens is 413 g/mol. The molecule has 0 N–H and O–H groups in total. The van der Waals surface area contributed by atoms with Crippen molar-refractivity contribution in [3.63, 3.8) is 0 Å². The van der Waals surface area contributed by atoms with Crippen molar-refractivity contribution >= 4 is 5.91 Å². The van der Waals surface area contributed by atoms with Crippen LogP contribution in [0.15, 0.2) is 47.0 Å². The number of carbonyl (C=O) groups excluding carboxylic acids is 1. The molecule has 1 fully saturated rings. The monoisotopic (exact) mass is 439 g/mol. The predicted molar refractivity (Wildman–Crippen MR) is 116 cm³/mol. The first kappa shape index (κ1) is 21.8. The van der Waals surface area contributed by atoms with E-state index < -0.39 is 0 Å². The molecule has 0 radical (unpaired) electrons. The number of carbonyl (C=O) groups is 1. The summed E-state index contributed by atoms with van der Waals surface area (Å²) in [4.78, 5) is 19.4. The van der Waals surface area contributed by atoms with Gasteiger partial charge in [0, 0.05) is 12.1 Å². The Morgan fingerprint density at radius 2 is 1.88 bits per heavy atom. The van der Waals surface area contributed by atoms with Crippen LogP contribution in [-0.4, -0.2) is 40.7 Å². The Hall–Kier alpha value is -3.42. The quantitative estimate of drug-likeness (QED) is 0.511. The second-order valence-electron chi connectivity index (χ2n) is 7.53. The van der Waals surface area contributed by atoms with Crippen molar-refractivity contribution < 1.29 is 23.2 Å². The molecule has 1 aliphatic rings. The molecule has 7 nitrogen and oxygen atoms in total. The van der Waals surface area contributed by atoms with Gasteiger partial charge in [-0.05, 0) is 68.7 Å². The standard InChI is InChI=1S/C24H26FN3O4/c1-3-30-20-12-7-16(14-21(20)31-4-2)15-22(29)28-13-5-6-19(28)24-26-23(27-32-24)17-8-10-18(25)11-9-17/h7-12,14,19H,3-6,13,15H2,1-2H3/t19-/m1/s1. The van der Waals surface area contributed by atoms with E-state index in [1.807, 2.05) is 32.0 Å². The minimum Gasteiger partial charge on any atom is -0.490 e. The Morgan fingerprint density at radius 3 is 2.62 bits per heavy atom. The van der Waals surface area contributed by atoms with E-state index in [0.717, 1.165) is 18.4 Å². The maximum Gasteiger partial charge on any atom is 0.249 e. The van der Waals surface area contributed by atoms with Gasteiger partial charge in [0.05, 0.1) is 19.6 Å². The number of hydrogen-bond donors (Lipinski definition) is 0. The number of benzene rings is 2. The van der Waals surface area contributed by atoms with Gasteiger partial charge in [-0.15, -0.1) is 0 Å². The summed E-state index contributed by atoms with van der Waals surface area (Å²) in [6.07, 6.45) is 1.85. The highest BCUT2D eigenvalue weighted by atomic mass is 19.1. The van der Waals surface area contributed by atoms with Crippen molar-refractivity contribution in [1.82, 2.24) is 15.0 Å². The molecule has 8 heteroatoms. The fourth-order valence-corrected chi connectivity index (χ4v) is 3.89. The summed E-state index contributed by atoms with van der Waals surface area (Å²) in [5.41, 5.74) is 1.51. The van der Waals surface area contributed by atoms with Crippen LogP contribution < -0.4 is 9.47 Å². The Morgan fingerprint density at radius 1 is 1.12 bits per heavy atom. The van der Waals surface area contributed by atoms with E-state index >= 15 is 0 Å². The molecule has 4 rings (SSSR count). The molecule has 0 saturated carbocycles. The number of aromatic nitrogens is 2. The highest BCUT2D eigenvalue weighted by Gasteiger charge is 2.34. The normalized spacial score (nSPS) is 15.7. The highest BCUT2D eigenvalue weighted by molar-refractivity contribution is 5.79. The number of ether oxygens (including phenoxy) is 2. The Bertz CT molecular complexity index is 1070. The maximum atomic E-state index is 13.2. The minimum absolute atomic E-state index is 0.0133. The number of rotatable bonds is 8. The van der Waals surface area contributed by atoms with Gasteiger partial charge in [0.1, 0.15) is 11.9 Å². The third-order valence-electron chi connectivity index (χ3n) is 5.37. The van der Waals surface area contributed by atoms with Crippen LogP contribution >= 0.6 is 0 Å². The maximum absolute atomic E-state index is 13.2. The summed E-state index contributed by atoms with van der Waals surface area (Å²) in [5.74, 6) is 1.75. The molecule has 0 bridgehead atoms. The SMILES string of the molecule is CCOc1ccc(CC(=O)N2CCC[C@@H]2c2nc(-c3ccc(F)cc3)no2)cc1OCC. The molecule has 0 unspecified atom stereocenters. The van der Waals surface area contributed by atoms with Crippen LogP contribution in [0.3, 0.4) is 0 Å². The molecule has 2 aromatic carbocycles. The molecule has 1 amide bonds. The molecule has 1 saturated heterocycles. The van der Waals surface area contributed by atoms with Crippen molar-refractivity contribution in [3.05, 3.63) is 59.7 Å². The Labute approximate surface area is 186 Å². The minimum atomic E-state index is -0.327. The van der Waals surface area contributed by atoms with E-state index in [2.05, 4.69) is 10.1 Å². The second kappa shape index (κ2) is 9.80. The van der Waals surface area contributed by atoms with Crippen LogP contribution in [0.5, 0.6) is 11.5 Å². The number of amides is 1. The van der Waals surface area contributed by atoms with Crippen molar-refractivity contribution in [3.8, 4) is 22.9 Å². The van der Waals surface area contributed by atoms with E-state index in [1.165, 1.54) is 12.1 Å². The number of halogens is 1. The molecule has 0 aliphatic carbocycles. The molecular formula is C24H26FN3O4. The van der Waals surface area contributed by atoms with Gasteiger partial charge in [0.25, 0.3) is 0 Å². The number of hydrogen-bond acceptors (Lipinski definition) is 6. The fraction of sp³-hybridized carbons (Fsp3) is 0.375. The summed E-state index contributed by atoms with van der Waals surface area (Å²) in [6.45, 7) is 5.51. The molecule has 1 atom stereocenters. The second-order valence-corrected chi connectivity index (χ2v) is 7.53. The Kier molecular flexibility index (Phi) is 6.68. The molecule has 3 aromatic rings. The van der Waals surface area contributed by atoms with Crippen LogP contribution in [0.2, 0.25) is 0 Å². The van der Waals surface area contributed by atoms with Gasteiger partial charge in [-0.1, -0.05) is 11.2 Å². The van der Waals surface area contributed by atoms with E-state index in [1.54, 1.807) is 17.0 Å². The van der Waals surface area contributed by atoms with Gasteiger partial charge in [-0.3, -0.25) is 4.79 Å². The van der Waals surface area contributed by atoms with Crippen molar-refractivity contribution in [2.24, 2.45) is 0 Å². The molecule has 2 heterocycles. The average molecular weight is 439 g/mol. The fourth-order valence-electron chi connectivity index (χ4n) is 3.89.